The molecular weight excluding hydrogens is 142 g/mol. The monoisotopic (exact) mass is 159 g/mol. The van der Waals surface area contributed by atoms with Gasteiger partial charge in [0, 0.05) is 0 Å². The molecule has 3 nitrogen and oxygen atoms in total. The summed E-state index contributed by atoms with van der Waals surface area (Å²) in [7, 11) is 0. The molecule has 0 aliphatic rings. The molecule has 0 aromatic heterocycles. The van der Waals surface area contributed by atoms with Gasteiger partial charge in [-0.15, -0.1) is 0 Å². The van der Waals surface area contributed by atoms with Crippen LogP contribution in [0.2, 0.25) is 0 Å². The molecule has 1 atom stereocenters. The molecule has 0 bridgehead atoms. The van der Waals surface area contributed by atoms with Crippen molar-refractivity contribution in [2.24, 2.45) is 5.92 Å². The maximum Gasteiger partial charge on any atom is 0.320 e. The fraction of sp³-hybridized carbons (Fsp3) is 0.875. The van der Waals surface area contributed by atoms with E-state index < -0.39 is 5.97 Å². The van der Waals surface area contributed by atoms with Crippen molar-refractivity contribution in [3.63, 3.8) is 0 Å². The molecule has 0 radical (unpaired) electrons. The third kappa shape index (κ3) is 4.79. The lowest BCUT2D eigenvalue weighted by Crippen LogP contribution is -2.37. The van der Waals surface area contributed by atoms with Gasteiger partial charge >= 0.3 is 5.97 Å². The normalized spacial score (nSPS) is 13.5. The van der Waals surface area contributed by atoms with E-state index >= 15 is 0 Å². The number of aliphatic carboxylic acids is 1. The van der Waals surface area contributed by atoms with Crippen molar-refractivity contribution in [2.45, 2.75) is 33.2 Å². The van der Waals surface area contributed by atoms with Gasteiger partial charge in [-0.2, -0.15) is 0 Å². The Hall–Kier alpha value is -0.570. The van der Waals surface area contributed by atoms with E-state index in [0.717, 1.165) is 0 Å². The van der Waals surface area contributed by atoms with Crippen molar-refractivity contribution >= 4 is 5.97 Å². The molecule has 0 fully saturated rings. The van der Waals surface area contributed by atoms with Crippen LogP contribution in [0.15, 0.2) is 0 Å². The fourth-order valence-corrected chi connectivity index (χ4v) is 0.989. The molecule has 0 spiro atoms. The van der Waals surface area contributed by atoms with E-state index in [1.165, 1.54) is 0 Å². The minimum absolute atomic E-state index is 0.375. The van der Waals surface area contributed by atoms with Crippen molar-refractivity contribution in [3.05, 3.63) is 0 Å². The van der Waals surface area contributed by atoms with Gasteiger partial charge in [0.05, 0.1) is 0 Å². The van der Waals surface area contributed by atoms with Crippen LogP contribution in [-0.4, -0.2) is 23.7 Å². The summed E-state index contributed by atoms with van der Waals surface area (Å²) in [6.45, 7) is 6.67. The number of carboxylic acids is 1. The van der Waals surface area contributed by atoms with Gasteiger partial charge in [-0.05, 0) is 18.9 Å². The zero-order chi connectivity index (χ0) is 8.85. The maximum atomic E-state index is 10.6. The molecule has 66 valence electrons. The van der Waals surface area contributed by atoms with Gasteiger partial charge in [0.2, 0.25) is 0 Å². The van der Waals surface area contributed by atoms with Crippen LogP contribution in [0.3, 0.4) is 0 Å². The van der Waals surface area contributed by atoms with Crippen molar-refractivity contribution in [2.75, 3.05) is 6.54 Å². The Morgan fingerprint density at radius 3 is 2.36 bits per heavy atom. The molecule has 0 heterocycles. The molecule has 0 aliphatic carbocycles. The molecule has 0 aromatic rings. The van der Waals surface area contributed by atoms with Crippen molar-refractivity contribution in [1.82, 2.24) is 5.32 Å². The summed E-state index contributed by atoms with van der Waals surface area (Å²) in [6, 6.07) is -0.375. The lowest BCUT2D eigenvalue weighted by molar-refractivity contribution is -0.139. The Morgan fingerprint density at radius 1 is 1.55 bits per heavy atom. The summed E-state index contributed by atoms with van der Waals surface area (Å²) in [5.41, 5.74) is 0. The van der Waals surface area contributed by atoms with E-state index in [4.69, 9.17) is 5.11 Å². The number of carboxylic acid groups (broad SMARTS) is 1. The van der Waals surface area contributed by atoms with Crippen molar-refractivity contribution in [3.8, 4) is 0 Å². The van der Waals surface area contributed by atoms with E-state index in [0.29, 0.717) is 18.9 Å². The highest BCUT2D eigenvalue weighted by Crippen LogP contribution is 2.04. The lowest BCUT2D eigenvalue weighted by atomic mass is 10.0. The topological polar surface area (TPSA) is 49.3 Å². The number of nitrogens with one attached hydrogen (secondary N) is 1. The van der Waals surface area contributed by atoms with Gasteiger partial charge in [-0.3, -0.25) is 4.79 Å². The van der Waals surface area contributed by atoms with Gasteiger partial charge in [0.25, 0.3) is 0 Å². The molecule has 0 rings (SSSR count). The zero-order valence-corrected chi connectivity index (χ0v) is 7.42. The lowest BCUT2D eigenvalue weighted by Gasteiger charge is -2.14. The fourth-order valence-electron chi connectivity index (χ4n) is 0.989. The average Bonchev–Trinajstić information content (AvgIpc) is 1.86. The van der Waals surface area contributed by atoms with Gasteiger partial charge in [0.15, 0.2) is 0 Å². The highest BCUT2D eigenvalue weighted by Gasteiger charge is 2.16. The molecule has 0 aliphatic heterocycles. The van der Waals surface area contributed by atoms with Crippen LogP contribution >= 0.6 is 0 Å². The molecular formula is C8H17NO2. The first-order chi connectivity index (χ1) is 5.07. The highest BCUT2D eigenvalue weighted by molar-refractivity contribution is 5.73. The summed E-state index contributed by atoms with van der Waals surface area (Å²) in [4.78, 5) is 10.6. The Kier molecular flexibility index (Phi) is 4.86. The largest absolute Gasteiger partial charge is 0.480 e. The first-order valence-corrected chi connectivity index (χ1v) is 4.04. The summed E-state index contributed by atoms with van der Waals surface area (Å²) >= 11 is 0. The predicted octanol–water partition coefficient (Wildman–Crippen LogP) is 1.10. The Labute approximate surface area is 67.8 Å². The molecule has 0 amide bonds. The first-order valence-electron chi connectivity index (χ1n) is 4.04. The molecule has 0 saturated carbocycles. The zero-order valence-electron chi connectivity index (χ0n) is 7.42. The second kappa shape index (κ2) is 5.13. The smallest absolute Gasteiger partial charge is 0.320 e. The number of likely N-dealkylation sites (N-methyl/N-ethyl adjacent to an activating group) is 1. The minimum atomic E-state index is -0.749. The van der Waals surface area contributed by atoms with Gasteiger partial charge < -0.3 is 10.4 Å². The van der Waals surface area contributed by atoms with E-state index in [1.807, 2.05) is 20.8 Å². The van der Waals surface area contributed by atoms with Gasteiger partial charge in [-0.25, -0.2) is 0 Å². The molecule has 0 unspecified atom stereocenters. The van der Waals surface area contributed by atoms with Crippen LogP contribution in [0.25, 0.3) is 0 Å². The summed E-state index contributed by atoms with van der Waals surface area (Å²) in [5, 5.41) is 11.6. The van der Waals surface area contributed by atoms with E-state index in [1.54, 1.807) is 0 Å². The van der Waals surface area contributed by atoms with E-state index in [-0.39, 0.29) is 6.04 Å². The Balaban J connectivity index is 3.79. The maximum absolute atomic E-state index is 10.6. The number of hydrogen-bond acceptors (Lipinski definition) is 2. The first kappa shape index (κ1) is 10.4. The van der Waals surface area contributed by atoms with E-state index in [2.05, 4.69) is 5.32 Å². The minimum Gasteiger partial charge on any atom is -0.480 e. The van der Waals surface area contributed by atoms with Crippen LogP contribution < -0.4 is 5.32 Å². The van der Waals surface area contributed by atoms with Crippen molar-refractivity contribution < 1.29 is 9.90 Å². The van der Waals surface area contributed by atoms with Crippen LogP contribution in [-0.2, 0) is 4.79 Å². The number of carbonyl (C=O) groups is 1. The van der Waals surface area contributed by atoms with Gasteiger partial charge in [0.1, 0.15) is 6.04 Å². The molecule has 0 aromatic carbocycles. The van der Waals surface area contributed by atoms with Crippen LogP contribution in [0.4, 0.5) is 0 Å². The van der Waals surface area contributed by atoms with Crippen LogP contribution in [0.5, 0.6) is 0 Å². The number of hydrogen-bond donors (Lipinski definition) is 2. The quantitative estimate of drug-likeness (QED) is 0.631. The highest BCUT2D eigenvalue weighted by atomic mass is 16.4. The van der Waals surface area contributed by atoms with Crippen LogP contribution in [0.1, 0.15) is 27.2 Å². The second-order valence-corrected chi connectivity index (χ2v) is 3.08. The molecule has 2 N–H and O–H groups in total. The third-order valence-corrected chi connectivity index (χ3v) is 1.46. The van der Waals surface area contributed by atoms with Crippen molar-refractivity contribution in [1.29, 1.82) is 0 Å². The third-order valence-electron chi connectivity index (χ3n) is 1.46. The van der Waals surface area contributed by atoms with Gasteiger partial charge in [-0.1, -0.05) is 20.8 Å². The number of rotatable bonds is 5. The summed E-state index contributed by atoms with van der Waals surface area (Å²) in [5.74, 6) is -0.323. The van der Waals surface area contributed by atoms with Crippen LogP contribution in [0, 0.1) is 5.92 Å². The molecule has 11 heavy (non-hydrogen) atoms. The summed E-state index contributed by atoms with van der Waals surface area (Å²) < 4.78 is 0. The molecule has 0 saturated heterocycles. The Morgan fingerprint density at radius 2 is 2.09 bits per heavy atom. The predicted molar refractivity (Wildman–Crippen MR) is 44.6 cm³/mol. The second-order valence-electron chi connectivity index (χ2n) is 3.08. The average molecular weight is 159 g/mol. The molecule has 3 heteroatoms. The SMILES string of the molecule is CCN[C@H](CC(C)C)C(=O)O. The Bertz CT molecular complexity index is 123. The standard InChI is InChI=1S/C8H17NO2/c1-4-9-7(8(10)11)5-6(2)3/h6-7,9H,4-5H2,1-3H3,(H,10,11)/t7-/m1/s1. The van der Waals surface area contributed by atoms with E-state index in [9.17, 15) is 4.79 Å². The summed E-state index contributed by atoms with van der Waals surface area (Å²) in [6.07, 6.45) is 0.698.